The summed E-state index contributed by atoms with van der Waals surface area (Å²) in [6.45, 7) is 2.22. The molecule has 0 atom stereocenters. The highest BCUT2D eigenvalue weighted by Crippen LogP contribution is 2.30. The number of carbonyl (C=O) groups is 1. The zero-order chi connectivity index (χ0) is 13.3. The summed E-state index contributed by atoms with van der Waals surface area (Å²) in [6, 6.07) is 0. The molecule has 1 aromatic heterocycles. The normalized spacial score (nSPS) is 17.3. The summed E-state index contributed by atoms with van der Waals surface area (Å²) in [7, 11) is 1.70. The fraction of sp³-hybridized carbons (Fsp3) is 0.667. The van der Waals surface area contributed by atoms with Gasteiger partial charge in [-0.05, 0) is 25.7 Å². The number of nitrogens with zero attached hydrogens (tertiary/aromatic N) is 2. The zero-order valence-corrected chi connectivity index (χ0v) is 10.9. The Labute approximate surface area is 106 Å². The smallest absolute Gasteiger partial charge is 0.271 e. The van der Waals surface area contributed by atoms with Gasteiger partial charge in [0.05, 0.1) is 17.0 Å². The van der Waals surface area contributed by atoms with E-state index in [0.29, 0.717) is 17.8 Å². The molecule has 6 nitrogen and oxygen atoms in total. The van der Waals surface area contributed by atoms with E-state index in [0.717, 1.165) is 25.0 Å². The Morgan fingerprint density at radius 3 is 2.72 bits per heavy atom. The van der Waals surface area contributed by atoms with Gasteiger partial charge in [0.15, 0.2) is 0 Å². The van der Waals surface area contributed by atoms with Crippen LogP contribution >= 0.6 is 0 Å². The lowest BCUT2D eigenvalue weighted by atomic mass is 9.80. The predicted molar refractivity (Wildman–Crippen MR) is 68.1 cm³/mol. The molecule has 0 saturated heterocycles. The summed E-state index contributed by atoms with van der Waals surface area (Å²) >= 11 is 0. The van der Waals surface area contributed by atoms with Gasteiger partial charge in [0, 0.05) is 13.6 Å². The number of nitrogens with one attached hydrogen (secondary N) is 1. The van der Waals surface area contributed by atoms with Crippen LogP contribution in [0.3, 0.4) is 0 Å². The predicted octanol–water partition coefficient (Wildman–Crippen LogP) is 0.210. The van der Waals surface area contributed by atoms with Crippen molar-refractivity contribution >= 4 is 11.6 Å². The standard InChI is InChI=1S/C12H20N4O2/c1-3-8-9(13)10(16(2)15-8)11(17)14-7-12(18)5-4-6-12/h18H,3-7,13H2,1-2H3,(H,14,17). The molecule has 0 spiro atoms. The van der Waals surface area contributed by atoms with E-state index in [1.54, 1.807) is 7.05 Å². The lowest BCUT2D eigenvalue weighted by Crippen LogP contribution is -2.48. The molecule has 4 N–H and O–H groups in total. The zero-order valence-electron chi connectivity index (χ0n) is 10.9. The van der Waals surface area contributed by atoms with E-state index in [1.165, 1.54) is 4.68 Å². The average Bonchev–Trinajstić information content (AvgIpc) is 2.59. The number of aryl methyl sites for hydroxylation is 2. The molecule has 0 bridgehead atoms. The van der Waals surface area contributed by atoms with Crippen LogP contribution in [-0.2, 0) is 13.5 Å². The van der Waals surface area contributed by atoms with Gasteiger partial charge in [0.25, 0.3) is 5.91 Å². The van der Waals surface area contributed by atoms with Gasteiger partial charge in [-0.25, -0.2) is 0 Å². The van der Waals surface area contributed by atoms with Gasteiger partial charge in [-0.15, -0.1) is 0 Å². The maximum absolute atomic E-state index is 12.0. The van der Waals surface area contributed by atoms with E-state index >= 15 is 0 Å². The lowest BCUT2D eigenvalue weighted by Gasteiger charge is -2.36. The summed E-state index contributed by atoms with van der Waals surface area (Å²) in [5.74, 6) is -0.275. The van der Waals surface area contributed by atoms with Crippen molar-refractivity contribution in [1.82, 2.24) is 15.1 Å². The molecule has 100 valence electrons. The minimum Gasteiger partial charge on any atom is -0.395 e. The number of anilines is 1. The van der Waals surface area contributed by atoms with Gasteiger partial charge in [-0.2, -0.15) is 5.10 Å². The fourth-order valence-electron chi connectivity index (χ4n) is 2.22. The van der Waals surface area contributed by atoms with Gasteiger partial charge < -0.3 is 16.2 Å². The number of nitrogens with two attached hydrogens (primary N) is 1. The second kappa shape index (κ2) is 4.61. The number of hydrogen-bond acceptors (Lipinski definition) is 4. The van der Waals surface area contributed by atoms with Crippen molar-refractivity contribution in [2.45, 2.75) is 38.2 Å². The van der Waals surface area contributed by atoms with Crippen molar-refractivity contribution in [3.63, 3.8) is 0 Å². The number of nitrogen functional groups attached to an aromatic ring is 1. The van der Waals surface area contributed by atoms with Gasteiger partial charge in [-0.1, -0.05) is 6.92 Å². The van der Waals surface area contributed by atoms with Gasteiger partial charge in [0.2, 0.25) is 0 Å². The number of hydrogen-bond donors (Lipinski definition) is 3. The van der Waals surface area contributed by atoms with Crippen molar-refractivity contribution in [2.75, 3.05) is 12.3 Å². The first-order valence-corrected chi connectivity index (χ1v) is 6.29. The van der Waals surface area contributed by atoms with Crippen molar-refractivity contribution in [1.29, 1.82) is 0 Å². The molecule has 1 heterocycles. The van der Waals surface area contributed by atoms with Crippen LogP contribution in [0, 0.1) is 0 Å². The Balaban J connectivity index is 2.06. The Morgan fingerprint density at radius 2 is 2.28 bits per heavy atom. The highest BCUT2D eigenvalue weighted by atomic mass is 16.3. The molecule has 2 rings (SSSR count). The molecule has 1 saturated carbocycles. The Bertz CT molecular complexity index is 463. The van der Waals surface area contributed by atoms with Crippen molar-refractivity contribution in [3.05, 3.63) is 11.4 Å². The first kappa shape index (κ1) is 12.9. The minimum atomic E-state index is -0.726. The quantitative estimate of drug-likeness (QED) is 0.714. The third-order valence-electron chi connectivity index (χ3n) is 3.57. The van der Waals surface area contributed by atoms with Crippen LogP contribution in [0.2, 0.25) is 0 Å². The van der Waals surface area contributed by atoms with E-state index in [-0.39, 0.29) is 12.5 Å². The summed E-state index contributed by atoms with van der Waals surface area (Å²) in [5.41, 5.74) is 6.69. The van der Waals surface area contributed by atoms with Crippen LogP contribution in [0.5, 0.6) is 0 Å². The average molecular weight is 252 g/mol. The molecule has 0 unspecified atom stereocenters. The Morgan fingerprint density at radius 1 is 1.61 bits per heavy atom. The molecular formula is C12H20N4O2. The molecule has 0 radical (unpaired) electrons. The SMILES string of the molecule is CCc1nn(C)c(C(=O)NCC2(O)CCC2)c1N. The van der Waals surface area contributed by atoms with Crippen LogP contribution in [-0.4, -0.2) is 32.9 Å². The first-order chi connectivity index (χ1) is 8.47. The fourth-order valence-corrected chi connectivity index (χ4v) is 2.22. The number of aliphatic hydroxyl groups is 1. The second-order valence-electron chi connectivity index (χ2n) is 4.95. The van der Waals surface area contributed by atoms with E-state index in [2.05, 4.69) is 10.4 Å². The van der Waals surface area contributed by atoms with E-state index in [1.807, 2.05) is 6.92 Å². The van der Waals surface area contributed by atoms with Gasteiger partial charge in [-0.3, -0.25) is 9.48 Å². The maximum Gasteiger partial charge on any atom is 0.271 e. The van der Waals surface area contributed by atoms with Gasteiger partial charge in [0.1, 0.15) is 5.69 Å². The van der Waals surface area contributed by atoms with E-state index in [4.69, 9.17) is 5.73 Å². The molecule has 1 aromatic rings. The van der Waals surface area contributed by atoms with E-state index < -0.39 is 5.60 Å². The summed E-state index contributed by atoms with van der Waals surface area (Å²) in [6.07, 6.45) is 3.19. The highest BCUT2D eigenvalue weighted by Gasteiger charge is 2.35. The molecule has 1 fully saturated rings. The maximum atomic E-state index is 12.0. The van der Waals surface area contributed by atoms with Crippen LogP contribution in [0.15, 0.2) is 0 Å². The molecule has 6 heteroatoms. The van der Waals surface area contributed by atoms with Crippen LogP contribution in [0.1, 0.15) is 42.4 Å². The monoisotopic (exact) mass is 252 g/mol. The molecular weight excluding hydrogens is 232 g/mol. The Kier molecular flexibility index (Phi) is 3.30. The van der Waals surface area contributed by atoms with Crippen molar-refractivity contribution < 1.29 is 9.90 Å². The van der Waals surface area contributed by atoms with Crippen molar-refractivity contribution in [3.8, 4) is 0 Å². The lowest BCUT2D eigenvalue weighted by molar-refractivity contribution is -0.0301. The topological polar surface area (TPSA) is 93.2 Å². The molecule has 18 heavy (non-hydrogen) atoms. The third-order valence-corrected chi connectivity index (χ3v) is 3.57. The molecule has 1 amide bonds. The number of rotatable bonds is 4. The van der Waals surface area contributed by atoms with Crippen LogP contribution in [0.4, 0.5) is 5.69 Å². The molecule has 1 aliphatic carbocycles. The van der Waals surface area contributed by atoms with Crippen LogP contribution < -0.4 is 11.1 Å². The number of amides is 1. The number of carbonyl (C=O) groups excluding carboxylic acids is 1. The largest absolute Gasteiger partial charge is 0.395 e. The second-order valence-corrected chi connectivity index (χ2v) is 4.95. The molecule has 0 aliphatic heterocycles. The Hall–Kier alpha value is -1.56. The number of aromatic nitrogens is 2. The minimum absolute atomic E-state index is 0.275. The van der Waals surface area contributed by atoms with E-state index in [9.17, 15) is 9.90 Å². The molecule has 1 aliphatic rings. The molecule has 0 aromatic carbocycles. The third kappa shape index (κ3) is 2.20. The highest BCUT2D eigenvalue weighted by molar-refractivity contribution is 5.98. The first-order valence-electron chi connectivity index (χ1n) is 6.29. The summed E-state index contributed by atoms with van der Waals surface area (Å²) < 4.78 is 1.49. The summed E-state index contributed by atoms with van der Waals surface area (Å²) in [5, 5.41) is 16.9. The summed E-state index contributed by atoms with van der Waals surface area (Å²) in [4.78, 5) is 12.0. The van der Waals surface area contributed by atoms with Gasteiger partial charge >= 0.3 is 0 Å². The van der Waals surface area contributed by atoms with Crippen LogP contribution in [0.25, 0.3) is 0 Å². The van der Waals surface area contributed by atoms with Crippen molar-refractivity contribution in [2.24, 2.45) is 7.05 Å².